The summed E-state index contributed by atoms with van der Waals surface area (Å²) < 4.78 is 18.9. The van der Waals surface area contributed by atoms with Crippen molar-refractivity contribution in [1.82, 2.24) is 0 Å². The van der Waals surface area contributed by atoms with Gasteiger partial charge in [-0.05, 0) is 63.0 Å². The molecule has 1 saturated carbocycles. The van der Waals surface area contributed by atoms with E-state index in [1.807, 2.05) is 0 Å². The molecule has 2 aliphatic rings. The number of unbranched alkanes of at least 4 members (excludes halogenated alkanes) is 1. The van der Waals surface area contributed by atoms with Crippen molar-refractivity contribution in [2.75, 3.05) is 6.61 Å². The highest BCUT2D eigenvalue weighted by molar-refractivity contribution is 6.48. The Morgan fingerprint density at radius 1 is 1.26 bits per heavy atom. The van der Waals surface area contributed by atoms with Crippen LogP contribution >= 0.6 is 0 Å². The quantitative estimate of drug-likeness (QED) is 0.270. The highest BCUT2D eigenvalue weighted by Gasteiger charge is 2.50. The SMILES string of the molecule is C[SiH](C)OC([C@@H]1[C@@H](CC=CCCCC(=O)O)[C@@H](O)C[C@H]1OC1CCCCO1)C(C)(C)C. The van der Waals surface area contributed by atoms with E-state index in [0.717, 1.165) is 38.7 Å². The lowest BCUT2D eigenvalue weighted by Crippen LogP contribution is -2.46. The molecule has 2 N–H and O–H groups in total. The molecule has 1 aliphatic heterocycles. The Bertz CT molecular complexity index is 567. The molecule has 6 atom stereocenters. The summed E-state index contributed by atoms with van der Waals surface area (Å²) in [5.74, 6) is -0.604. The van der Waals surface area contributed by atoms with Gasteiger partial charge in [0, 0.05) is 25.4 Å². The normalized spacial score (nSPS) is 30.9. The van der Waals surface area contributed by atoms with Crippen LogP contribution in [0.15, 0.2) is 12.2 Å². The molecular formula is C24H44O6Si. The summed E-state index contributed by atoms with van der Waals surface area (Å²) in [7, 11) is -1.30. The van der Waals surface area contributed by atoms with Crippen molar-refractivity contribution < 1.29 is 28.9 Å². The first-order chi connectivity index (χ1) is 14.6. The van der Waals surface area contributed by atoms with Gasteiger partial charge in [-0.1, -0.05) is 32.9 Å². The zero-order valence-corrected chi connectivity index (χ0v) is 21.2. The molecule has 0 amide bonds. The average Bonchev–Trinajstić information content (AvgIpc) is 2.96. The van der Waals surface area contributed by atoms with Crippen LogP contribution in [0.25, 0.3) is 0 Å². The van der Waals surface area contributed by atoms with Gasteiger partial charge in [-0.15, -0.1) is 0 Å². The van der Waals surface area contributed by atoms with Crippen LogP contribution in [0.5, 0.6) is 0 Å². The van der Waals surface area contributed by atoms with Crippen molar-refractivity contribution in [3.63, 3.8) is 0 Å². The van der Waals surface area contributed by atoms with E-state index in [4.69, 9.17) is 19.0 Å². The third kappa shape index (κ3) is 8.61. The molecule has 1 aliphatic carbocycles. The van der Waals surface area contributed by atoms with Crippen molar-refractivity contribution in [2.45, 2.75) is 110 Å². The maximum atomic E-state index is 11.0. The van der Waals surface area contributed by atoms with Crippen molar-refractivity contribution >= 4 is 15.0 Å². The summed E-state index contributed by atoms with van der Waals surface area (Å²) in [4.78, 5) is 10.7. The molecule has 6 nitrogen and oxygen atoms in total. The third-order valence-corrected chi connectivity index (χ3v) is 7.15. The topological polar surface area (TPSA) is 85.2 Å². The van der Waals surface area contributed by atoms with Crippen LogP contribution in [0.1, 0.15) is 72.1 Å². The van der Waals surface area contributed by atoms with Gasteiger partial charge in [0.25, 0.3) is 0 Å². The number of aliphatic carboxylic acids is 1. The van der Waals surface area contributed by atoms with E-state index < -0.39 is 21.1 Å². The summed E-state index contributed by atoms with van der Waals surface area (Å²) in [6.07, 6.45) is 9.50. The number of carbonyl (C=O) groups is 1. The smallest absolute Gasteiger partial charge is 0.303 e. The van der Waals surface area contributed by atoms with E-state index in [1.165, 1.54) is 0 Å². The standard InChI is InChI=1S/C24H44O6Si/c1-24(2,3)23(30-31(4)5)22-17(12-8-6-7-9-13-20(26)27)18(25)16-19(22)29-21-14-10-11-15-28-21/h6,8,17-19,21-23,25,31H,7,9-16H2,1-5H3,(H,26,27)/t17-,18-,19+,21?,22+,23?/m0/s1. The Kier molecular flexibility index (Phi) is 10.7. The molecule has 31 heavy (non-hydrogen) atoms. The molecule has 1 heterocycles. The van der Waals surface area contributed by atoms with E-state index >= 15 is 0 Å². The van der Waals surface area contributed by atoms with Gasteiger partial charge in [0.1, 0.15) is 0 Å². The summed E-state index contributed by atoms with van der Waals surface area (Å²) in [6, 6.07) is 0. The molecule has 2 rings (SSSR count). The largest absolute Gasteiger partial charge is 0.481 e. The van der Waals surface area contributed by atoms with Crippen LogP contribution < -0.4 is 0 Å². The lowest BCUT2D eigenvalue weighted by atomic mass is 9.75. The summed E-state index contributed by atoms with van der Waals surface area (Å²) in [5.41, 5.74) is -0.0650. The van der Waals surface area contributed by atoms with Gasteiger partial charge < -0.3 is 24.1 Å². The number of aliphatic hydroxyl groups is 1. The van der Waals surface area contributed by atoms with E-state index in [-0.39, 0.29) is 42.2 Å². The minimum absolute atomic E-state index is 0.00955. The van der Waals surface area contributed by atoms with Crippen LogP contribution in [0.4, 0.5) is 0 Å². The van der Waals surface area contributed by atoms with Gasteiger partial charge in [-0.25, -0.2) is 0 Å². The molecule has 180 valence electrons. The molecule has 0 aromatic carbocycles. The lowest BCUT2D eigenvalue weighted by molar-refractivity contribution is -0.205. The molecule has 7 heteroatoms. The number of carboxylic acid groups (broad SMARTS) is 1. The first-order valence-corrected chi connectivity index (χ1v) is 14.8. The lowest BCUT2D eigenvalue weighted by Gasteiger charge is -2.42. The van der Waals surface area contributed by atoms with Crippen molar-refractivity contribution in [2.24, 2.45) is 17.3 Å². The van der Waals surface area contributed by atoms with Gasteiger partial charge in [-0.3, -0.25) is 4.79 Å². The first kappa shape index (κ1) is 26.5. The number of carboxylic acids is 1. The fraction of sp³-hybridized carbons (Fsp3) is 0.875. The molecular weight excluding hydrogens is 412 g/mol. The zero-order chi connectivity index (χ0) is 23.0. The molecule has 0 bridgehead atoms. The Labute approximate surface area is 190 Å². The zero-order valence-electron chi connectivity index (χ0n) is 20.1. The summed E-state index contributed by atoms with van der Waals surface area (Å²) in [5, 5.41) is 19.8. The average molecular weight is 457 g/mol. The second kappa shape index (κ2) is 12.5. The van der Waals surface area contributed by atoms with Crippen molar-refractivity contribution in [1.29, 1.82) is 0 Å². The number of rotatable bonds is 11. The molecule has 0 aromatic rings. The van der Waals surface area contributed by atoms with Crippen molar-refractivity contribution in [3.8, 4) is 0 Å². The first-order valence-electron chi connectivity index (χ1n) is 12.1. The van der Waals surface area contributed by atoms with Gasteiger partial charge in [0.05, 0.1) is 18.3 Å². The van der Waals surface area contributed by atoms with Crippen LogP contribution in [-0.2, 0) is 18.7 Å². The maximum absolute atomic E-state index is 11.0. The van der Waals surface area contributed by atoms with Crippen molar-refractivity contribution in [3.05, 3.63) is 12.2 Å². The minimum Gasteiger partial charge on any atom is -0.481 e. The predicted molar refractivity (Wildman–Crippen MR) is 125 cm³/mol. The summed E-state index contributed by atoms with van der Waals surface area (Å²) in [6.45, 7) is 11.8. The number of hydrogen-bond donors (Lipinski definition) is 2. The van der Waals surface area contributed by atoms with Crippen LogP contribution in [-0.4, -0.2) is 56.4 Å². The van der Waals surface area contributed by atoms with E-state index in [2.05, 4.69) is 46.0 Å². The second-order valence-electron chi connectivity index (χ2n) is 10.5. The van der Waals surface area contributed by atoms with Crippen LogP contribution in [0.2, 0.25) is 13.1 Å². The second-order valence-corrected chi connectivity index (χ2v) is 12.8. The highest BCUT2D eigenvalue weighted by Crippen LogP contribution is 2.46. The minimum atomic E-state index is -1.30. The number of allylic oxidation sites excluding steroid dienone is 2. The number of hydrogen-bond acceptors (Lipinski definition) is 5. The highest BCUT2D eigenvalue weighted by atomic mass is 28.3. The maximum Gasteiger partial charge on any atom is 0.303 e. The fourth-order valence-corrected chi connectivity index (χ4v) is 6.08. The van der Waals surface area contributed by atoms with Gasteiger partial charge >= 0.3 is 5.97 Å². The monoisotopic (exact) mass is 456 g/mol. The molecule has 0 aromatic heterocycles. The fourth-order valence-electron chi connectivity index (χ4n) is 4.90. The molecule has 2 unspecified atom stereocenters. The van der Waals surface area contributed by atoms with Crippen LogP contribution in [0, 0.1) is 17.3 Å². The van der Waals surface area contributed by atoms with Gasteiger partial charge in [0.2, 0.25) is 0 Å². The van der Waals surface area contributed by atoms with E-state index in [0.29, 0.717) is 12.8 Å². The third-order valence-electron chi connectivity index (χ3n) is 6.31. The van der Waals surface area contributed by atoms with Gasteiger partial charge in [0.15, 0.2) is 15.3 Å². The summed E-state index contributed by atoms with van der Waals surface area (Å²) >= 11 is 0. The molecule has 0 radical (unpaired) electrons. The van der Waals surface area contributed by atoms with E-state index in [1.54, 1.807) is 0 Å². The van der Waals surface area contributed by atoms with E-state index in [9.17, 15) is 9.90 Å². The number of ether oxygens (including phenoxy) is 2. The predicted octanol–water partition coefficient (Wildman–Crippen LogP) is 4.51. The number of aliphatic hydroxyl groups excluding tert-OH is 1. The molecule has 0 spiro atoms. The Balaban J connectivity index is 2.15. The van der Waals surface area contributed by atoms with Gasteiger partial charge in [-0.2, -0.15) is 0 Å². The Morgan fingerprint density at radius 3 is 2.58 bits per heavy atom. The Morgan fingerprint density at radius 2 is 2.00 bits per heavy atom. The molecule has 2 fully saturated rings. The Hall–Kier alpha value is -0.733. The molecule has 1 saturated heterocycles. The van der Waals surface area contributed by atoms with Crippen LogP contribution in [0.3, 0.4) is 0 Å².